The van der Waals surface area contributed by atoms with Crippen LogP contribution in [0.25, 0.3) is 0 Å². The summed E-state index contributed by atoms with van der Waals surface area (Å²) < 4.78 is 141. The van der Waals surface area contributed by atoms with E-state index in [1.807, 2.05) is 0 Å². The van der Waals surface area contributed by atoms with Crippen LogP contribution in [0.2, 0.25) is 0 Å². The number of carbonyl (C=O) groups is 1. The maximum Gasteiger partial charge on any atom is 0.460 e. The van der Waals surface area contributed by atoms with Crippen molar-refractivity contribution < 1.29 is 57.5 Å². The second-order valence-electron chi connectivity index (χ2n) is 4.33. The lowest BCUT2D eigenvalue weighted by atomic mass is 10.1. The van der Waals surface area contributed by atoms with Gasteiger partial charge in [0.15, 0.2) is 0 Å². The van der Waals surface area contributed by atoms with Crippen LogP contribution in [0.3, 0.4) is 0 Å². The third-order valence-corrected chi connectivity index (χ3v) is 3.84. The molecule has 0 unspecified atom stereocenters. The van der Waals surface area contributed by atoms with Gasteiger partial charge in [0.05, 0.1) is 12.2 Å². The van der Waals surface area contributed by atoms with E-state index in [4.69, 9.17) is 0 Å². The summed E-state index contributed by atoms with van der Waals surface area (Å²) in [6.45, 7) is 1.81. The predicted molar refractivity (Wildman–Crippen MR) is 63.3 cm³/mol. The maximum atomic E-state index is 13.3. The second-order valence-corrected chi connectivity index (χ2v) is 6.09. The number of hydrogen-bond acceptors (Lipinski definition) is 4. The molecule has 15 heteroatoms. The molecule has 0 fully saturated rings. The molecule has 0 aliphatic carbocycles. The zero-order valence-electron chi connectivity index (χ0n) is 12.2. The van der Waals surface area contributed by atoms with Crippen LogP contribution in [0.15, 0.2) is 11.8 Å². The smallest absolute Gasteiger partial charge is 0.460 e. The molecule has 0 aromatic heterocycles. The molecule has 0 amide bonds. The minimum absolute atomic E-state index is 0.122. The molecule has 0 aliphatic heterocycles. The number of ether oxygens (including phenoxy) is 1. The van der Waals surface area contributed by atoms with Crippen LogP contribution in [0.5, 0.6) is 0 Å². The molecule has 0 radical (unpaired) electrons. The number of halogens is 9. The van der Waals surface area contributed by atoms with Gasteiger partial charge in [0.2, 0.25) is 0 Å². The first-order valence-electron chi connectivity index (χ1n) is 5.92. The Morgan fingerprint density at radius 3 is 1.80 bits per heavy atom. The van der Waals surface area contributed by atoms with E-state index in [2.05, 4.69) is 4.74 Å². The largest absolute Gasteiger partial charge is 0.463 e. The fraction of sp³-hybridized carbons (Fsp3) is 0.700. The van der Waals surface area contributed by atoms with E-state index in [1.54, 1.807) is 0 Å². The van der Waals surface area contributed by atoms with Gasteiger partial charge in [-0.3, -0.25) is 4.72 Å². The Morgan fingerprint density at radius 2 is 1.44 bits per heavy atom. The highest BCUT2D eigenvalue weighted by atomic mass is 32.2. The van der Waals surface area contributed by atoms with Crippen molar-refractivity contribution in [2.24, 2.45) is 0 Å². The van der Waals surface area contributed by atoms with Gasteiger partial charge in [0, 0.05) is 6.20 Å². The van der Waals surface area contributed by atoms with E-state index in [0.29, 0.717) is 4.72 Å². The Morgan fingerprint density at radius 1 is 1.00 bits per heavy atom. The molecule has 0 heterocycles. The van der Waals surface area contributed by atoms with E-state index < -0.39 is 44.8 Å². The first-order chi connectivity index (χ1) is 10.9. The average molecular weight is 411 g/mol. The molecule has 0 aliphatic rings. The van der Waals surface area contributed by atoms with E-state index in [-0.39, 0.29) is 12.8 Å². The van der Waals surface area contributed by atoms with E-state index in [9.17, 15) is 52.7 Å². The zero-order valence-corrected chi connectivity index (χ0v) is 13.0. The molecule has 0 atom stereocenters. The summed E-state index contributed by atoms with van der Waals surface area (Å²) in [7, 11) is -6.80. The topological polar surface area (TPSA) is 72.5 Å². The summed E-state index contributed by atoms with van der Waals surface area (Å²) in [5, 5.41) is -6.88. The summed E-state index contributed by atoms with van der Waals surface area (Å²) in [5.74, 6) is -16.0. The Balaban J connectivity index is 5.84. The van der Waals surface area contributed by atoms with Gasteiger partial charge in [-0.2, -0.15) is 47.9 Å². The summed E-state index contributed by atoms with van der Waals surface area (Å²) >= 11 is 0. The van der Waals surface area contributed by atoms with Crippen LogP contribution in [-0.4, -0.2) is 44.3 Å². The molecular formula is C10H10F9NO4S. The van der Waals surface area contributed by atoms with Gasteiger partial charge in [-0.25, -0.2) is 4.79 Å². The highest BCUT2D eigenvalue weighted by Gasteiger charge is 2.85. The highest BCUT2D eigenvalue weighted by molar-refractivity contribution is 7.90. The van der Waals surface area contributed by atoms with Crippen molar-refractivity contribution in [2.75, 3.05) is 6.61 Å². The number of alkyl halides is 9. The number of esters is 1. The van der Waals surface area contributed by atoms with Gasteiger partial charge in [0.1, 0.15) is 0 Å². The van der Waals surface area contributed by atoms with Gasteiger partial charge < -0.3 is 4.74 Å². The fourth-order valence-electron chi connectivity index (χ4n) is 1.07. The molecule has 5 nitrogen and oxygen atoms in total. The highest BCUT2D eigenvalue weighted by Crippen LogP contribution is 2.54. The lowest BCUT2D eigenvalue weighted by Crippen LogP contribution is -2.64. The third-order valence-electron chi connectivity index (χ3n) is 2.48. The standard InChI is InChI=1S/C10H10F9NO4S/c1-3-24-6(21)5(2)4-20-25(22,23)10(18,19)8(13,14)7(11,12)9(15,16)17/h4,20H,3H2,1-2H3. The first kappa shape index (κ1) is 23.3. The number of sulfonamides is 1. The van der Waals surface area contributed by atoms with Crippen molar-refractivity contribution in [2.45, 2.75) is 37.1 Å². The monoisotopic (exact) mass is 411 g/mol. The molecular weight excluding hydrogens is 401 g/mol. The van der Waals surface area contributed by atoms with Crippen molar-refractivity contribution in [1.82, 2.24) is 4.72 Å². The number of nitrogens with one attached hydrogen (secondary N) is 1. The van der Waals surface area contributed by atoms with E-state index >= 15 is 0 Å². The van der Waals surface area contributed by atoms with Crippen LogP contribution < -0.4 is 4.72 Å². The summed E-state index contributed by atoms with van der Waals surface area (Å²) in [5.41, 5.74) is -0.771. The maximum absolute atomic E-state index is 13.3. The van der Waals surface area contributed by atoms with Crippen LogP contribution >= 0.6 is 0 Å². The minimum Gasteiger partial charge on any atom is -0.463 e. The Labute approximate surface area is 134 Å². The van der Waals surface area contributed by atoms with Crippen LogP contribution in [0.1, 0.15) is 13.8 Å². The van der Waals surface area contributed by atoms with Gasteiger partial charge in [0.25, 0.3) is 0 Å². The summed E-state index contributed by atoms with van der Waals surface area (Å²) in [6.07, 6.45) is -7.28. The third kappa shape index (κ3) is 4.12. The lowest BCUT2D eigenvalue weighted by molar-refractivity contribution is -0.382. The normalized spacial score (nSPS) is 15.1. The van der Waals surface area contributed by atoms with Crippen molar-refractivity contribution in [3.8, 4) is 0 Å². The number of carbonyl (C=O) groups excluding carboxylic acids is 1. The average Bonchev–Trinajstić information content (AvgIpc) is 2.43. The zero-order chi connectivity index (χ0) is 20.5. The summed E-state index contributed by atoms with van der Waals surface area (Å²) in [4.78, 5) is 11.1. The van der Waals surface area contributed by atoms with Crippen LogP contribution in [-0.2, 0) is 19.6 Å². The van der Waals surface area contributed by atoms with Gasteiger partial charge in [-0.1, -0.05) is 0 Å². The Bertz CT molecular complexity index is 639. The Kier molecular flexibility index (Phi) is 6.45. The Hall–Kier alpha value is -1.67. The van der Waals surface area contributed by atoms with Crippen LogP contribution in [0.4, 0.5) is 39.5 Å². The molecule has 25 heavy (non-hydrogen) atoms. The fourth-order valence-corrected chi connectivity index (χ4v) is 2.02. The number of rotatable bonds is 7. The second kappa shape index (κ2) is 6.92. The molecule has 0 saturated carbocycles. The predicted octanol–water partition coefficient (Wildman–Crippen LogP) is 2.80. The molecule has 0 spiro atoms. The van der Waals surface area contributed by atoms with Crippen LogP contribution in [0, 0.1) is 0 Å². The molecule has 0 aromatic rings. The van der Waals surface area contributed by atoms with Crippen molar-refractivity contribution >= 4 is 16.0 Å². The van der Waals surface area contributed by atoms with E-state index in [1.165, 1.54) is 6.92 Å². The lowest BCUT2D eigenvalue weighted by Gasteiger charge is -2.32. The molecule has 0 rings (SSSR count). The number of hydrogen-bond donors (Lipinski definition) is 1. The molecule has 0 bridgehead atoms. The SMILES string of the molecule is CCOC(=O)C(C)=CNS(=O)(=O)C(F)(F)C(F)(F)C(F)(F)C(F)(F)F. The molecule has 148 valence electrons. The first-order valence-corrected chi connectivity index (χ1v) is 7.41. The quantitative estimate of drug-likeness (QED) is 0.397. The van der Waals surface area contributed by atoms with Crippen molar-refractivity contribution in [3.63, 3.8) is 0 Å². The summed E-state index contributed by atoms with van der Waals surface area (Å²) in [6, 6.07) is 0. The van der Waals surface area contributed by atoms with Gasteiger partial charge in [-0.05, 0) is 13.8 Å². The molecule has 1 N–H and O–H groups in total. The van der Waals surface area contributed by atoms with Gasteiger partial charge in [-0.15, -0.1) is 0 Å². The molecule has 0 saturated heterocycles. The molecule has 0 aromatic carbocycles. The van der Waals surface area contributed by atoms with Crippen molar-refractivity contribution in [3.05, 3.63) is 11.8 Å². The minimum atomic E-state index is -7.36. The van der Waals surface area contributed by atoms with E-state index in [0.717, 1.165) is 6.92 Å². The van der Waals surface area contributed by atoms with Crippen molar-refractivity contribution in [1.29, 1.82) is 0 Å². The van der Waals surface area contributed by atoms with Gasteiger partial charge >= 0.3 is 39.3 Å².